The van der Waals surface area contributed by atoms with Crippen LogP contribution in [-0.4, -0.2) is 14.0 Å². The molecule has 1 aliphatic rings. The van der Waals surface area contributed by atoms with Gasteiger partial charge < -0.3 is 5.73 Å². The van der Waals surface area contributed by atoms with Gasteiger partial charge in [-0.2, -0.15) is 0 Å². The van der Waals surface area contributed by atoms with E-state index < -0.39 is 10.0 Å². The first-order valence-corrected chi connectivity index (χ1v) is 8.13. The minimum absolute atomic E-state index is 0.304. The highest BCUT2D eigenvalue weighted by Gasteiger charge is 2.34. The van der Waals surface area contributed by atoms with Gasteiger partial charge >= 0.3 is 0 Å². The number of nitrogens with two attached hydrogens (primary N) is 1. The third kappa shape index (κ3) is 2.92. The van der Waals surface area contributed by atoms with E-state index in [0.717, 1.165) is 36.8 Å². The summed E-state index contributed by atoms with van der Waals surface area (Å²) in [7, 11) is -3.51. The SMILES string of the molecule is Cc1cc(N)cc(S(=O)(=O)NC2(C)CCCC2)c1C. The molecule has 1 aromatic rings. The zero-order valence-electron chi connectivity index (χ0n) is 11.8. The van der Waals surface area contributed by atoms with Crippen molar-refractivity contribution in [3.63, 3.8) is 0 Å². The van der Waals surface area contributed by atoms with Gasteiger partial charge in [0, 0.05) is 11.2 Å². The molecule has 0 bridgehead atoms. The molecule has 0 aromatic heterocycles. The summed E-state index contributed by atoms with van der Waals surface area (Å²) in [5.74, 6) is 0. The van der Waals surface area contributed by atoms with Crippen molar-refractivity contribution in [2.45, 2.75) is 56.9 Å². The molecule has 1 aromatic carbocycles. The summed E-state index contributed by atoms with van der Waals surface area (Å²) in [5, 5.41) is 0. The van der Waals surface area contributed by atoms with Gasteiger partial charge in [0.15, 0.2) is 0 Å². The Balaban J connectivity index is 2.40. The number of aryl methyl sites for hydroxylation is 1. The Morgan fingerprint density at radius 3 is 2.37 bits per heavy atom. The fraction of sp³-hybridized carbons (Fsp3) is 0.571. The fourth-order valence-corrected chi connectivity index (χ4v) is 4.59. The standard InChI is InChI=1S/C14H22N2O2S/c1-10-8-12(15)9-13(11(10)2)19(17,18)16-14(3)6-4-5-7-14/h8-9,16H,4-7,15H2,1-3H3. The van der Waals surface area contributed by atoms with Crippen LogP contribution in [0.2, 0.25) is 0 Å². The van der Waals surface area contributed by atoms with Crippen molar-refractivity contribution in [1.29, 1.82) is 0 Å². The van der Waals surface area contributed by atoms with Crippen LogP contribution in [0.25, 0.3) is 0 Å². The highest BCUT2D eigenvalue weighted by Crippen LogP contribution is 2.31. The second kappa shape index (κ2) is 4.80. The maximum atomic E-state index is 12.6. The molecule has 0 saturated heterocycles. The summed E-state index contributed by atoms with van der Waals surface area (Å²) >= 11 is 0. The van der Waals surface area contributed by atoms with Crippen LogP contribution in [0.3, 0.4) is 0 Å². The Morgan fingerprint density at radius 2 is 1.79 bits per heavy atom. The predicted molar refractivity (Wildman–Crippen MR) is 77.5 cm³/mol. The maximum Gasteiger partial charge on any atom is 0.241 e. The Kier molecular flexibility index (Phi) is 3.62. The molecule has 1 saturated carbocycles. The van der Waals surface area contributed by atoms with Crippen LogP contribution in [-0.2, 0) is 10.0 Å². The van der Waals surface area contributed by atoms with Crippen LogP contribution in [0.4, 0.5) is 5.69 Å². The Labute approximate surface area is 115 Å². The van der Waals surface area contributed by atoms with Crippen LogP contribution >= 0.6 is 0 Å². The molecule has 0 heterocycles. The van der Waals surface area contributed by atoms with E-state index in [4.69, 9.17) is 5.73 Å². The van der Waals surface area contributed by atoms with E-state index in [1.807, 2.05) is 20.8 Å². The molecule has 0 unspecified atom stereocenters. The summed E-state index contributed by atoms with van der Waals surface area (Å²) in [5.41, 5.74) is 7.61. The molecule has 0 aliphatic heterocycles. The molecule has 2 rings (SSSR count). The van der Waals surface area contributed by atoms with Crippen LogP contribution in [0.1, 0.15) is 43.7 Å². The van der Waals surface area contributed by atoms with Crippen molar-refractivity contribution in [2.75, 3.05) is 5.73 Å². The molecule has 0 spiro atoms. The van der Waals surface area contributed by atoms with E-state index in [1.165, 1.54) is 0 Å². The van der Waals surface area contributed by atoms with Gasteiger partial charge in [0.05, 0.1) is 4.90 Å². The van der Waals surface area contributed by atoms with E-state index in [0.29, 0.717) is 10.6 Å². The molecule has 0 radical (unpaired) electrons. The van der Waals surface area contributed by atoms with E-state index in [9.17, 15) is 8.42 Å². The fourth-order valence-electron chi connectivity index (χ4n) is 2.77. The average Bonchev–Trinajstić information content (AvgIpc) is 2.68. The summed E-state index contributed by atoms with van der Waals surface area (Å²) < 4.78 is 28.0. The van der Waals surface area contributed by atoms with E-state index >= 15 is 0 Å². The normalized spacial score (nSPS) is 18.7. The second-order valence-electron chi connectivity index (χ2n) is 5.83. The summed E-state index contributed by atoms with van der Waals surface area (Å²) in [4.78, 5) is 0.304. The third-order valence-corrected chi connectivity index (χ3v) is 5.78. The highest BCUT2D eigenvalue weighted by molar-refractivity contribution is 7.89. The summed E-state index contributed by atoms with van der Waals surface area (Å²) in [6.45, 7) is 5.67. The monoisotopic (exact) mass is 282 g/mol. The van der Waals surface area contributed by atoms with Gasteiger partial charge in [-0.1, -0.05) is 12.8 Å². The largest absolute Gasteiger partial charge is 0.399 e. The molecule has 3 N–H and O–H groups in total. The molecule has 5 heteroatoms. The minimum Gasteiger partial charge on any atom is -0.399 e. The smallest absolute Gasteiger partial charge is 0.241 e. The van der Waals surface area contributed by atoms with Crippen molar-refractivity contribution in [3.05, 3.63) is 23.3 Å². The molecule has 4 nitrogen and oxygen atoms in total. The lowest BCUT2D eigenvalue weighted by atomic mass is 10.0. The number of sulfonamides is 1. The number of nitrogen functional groups attached to an aromatic ring is 1. The van der Waals surface area contributed by atoms with E-state index in [2.05, 4.69) is 4.72 Å². The quantitative estimate of drug-likeness (QED) is 0.837. The number of anilines is 1. The molecule has 1 aliphatic carbocycles. The third-order valence-electron chi connectivity index (χ3n) is 4.02. The molecular formula is C14H22N2O2S. The Bertz CT molecular complexity index is 588. The van der Waals surface area contributed by atoms with Crippen molar-refractivity contribution in [2.24, 2.45) is 0 Å². The lowest BCUT2D eigenvalue weighted by Crippen LogP contribution is -2.43. The molecule has 0 amide bonds. The lowest BCUT2D eigenvalue weighted by molar-refractivity contribution is 0.427. The molecule has 19 heavy (non-hydrogen) atoms. The van der Waals surface area contributed by atoms with E-state index in [1.54, 1.807) is 12.1 Å². The van der Waals surface area contributed by atoms with Gasteiger partial charge in [0.25, 0.3) is 0 Å². The number of benzene rings is 1. The van der Waals surface area contributed by atoms with Gasteiger partial charge in [-0.25, -0.2) is 13.1 Å². The van der Waals surface area contributed by atoms with Crippen molar-refractivity contribution < 1.29 is 8.42 Å². The average molecular weight is 282 g/mol. The van der Waals surface area contributed by atoms with Crippen LogP contribution in [0.5, 0.6) is 0 Å². The minimum atomic E-state index is -3.51. The first-order chi connectivity index (χ1) is 8.73. The number of hydrogen-bond acceptors (Lipinski definition) is 3. The van der Waals surface area contributed by atoms with Gasteiger partial charge in [0.2, 0.25) is 10.0 Å². The zero-order valence-corrected chi connectivity index (χ0v) is 12.6. The van der Waals surface area contributed by atoms with E-state index in [-0.39, 0.29) is 5.54 Å². The summed E-state index contributed by atoms with van der Waals surface area (Å²) in [6, 6.07) is 3.34. The molecule has 106 valence electrons. The highest BCUT2D eigenvalue weighted by atomic mass is 32.2. The van der Waals surface area contributed by atoms with Crippen molar-refractivity contribution in [1.82, 2.24) is 4.72 Å². The lowest BCUT2D eigenvalue weighted by Gasteiger charge is -2.25. The molecule has 0 atom stereocenters. The van der Waals surface area contributed by atoms with Gasteiger partial charge in [-0.3, -0.25) is 0 Å². The van der Waals surface area contributed by atoms with Crippen molar-refractivity contribution >= 4 is 15.7 Å². The van der Waals surface area contributed by atoms with Crippen LogP contribution < -0.4 is 10.5 Å². The Hall–Kier alpha value is -1.07. The molecular weight excluding hydrogens is 260 g/mol. The van der Waals surface area contributed by atoms with Crippen LogP contribution in [0, 0.1) is 13.8 Å². The van der Waals surface area contributed by atoms with Crippen molar-refractivity contribution in [3.8, 4) is 0 Å². The Morgan fingerprint density at radius 1 is 1.21 bits per heavy atom. The van der Waals surface area contributed by atoms with Crippen LogP contribution in [0.15, 0.2) is 17.0 Å². The first-order valence-electron chi connectivity index (χ1n) is 6.64. The van der Waals surface area contributed by atoms with Gasteiger partial charge in [-0.05, 0) is 56.9 Å². The second-order valence-corrected chi connectivity index (χ2v) is 7.49. The number of nitrogens with one attached hydrogen (secondary N) is 1. The number of hydrogen-bond donors (Lipinski definition) is 2. The molecule has 1 fully saturated rings. The zero-order chi connectivity index (χ0) is 14.3. The first kappa shape index (κ1) is 14.3. The summed E-state index contributed by atoms with van der Waals surface area (Å²) in [6.07, 6.45) is 3.95. The van der Waals surface area contributed by atoms with Gasteiger partial charge in [-0.15, -0.1) is 0 Å². The maximum absolute atomic E-state index is 12.6. The predicted octanol–water partition coefficient (Wildman–Crippen LogP) is 2.50. The topological polar surface area (TPSA) is 72.2 Å². The van der Waals surface area contributed by atoms with Gasteiger partial charge in [0.1, 0.15) is 0 Å². The number of rotatable bonds is 3.